The molecule has 1 aromatic heterocycles. The molecule has 1 aromatic carbocycles. The Kier molecular flexibility index (Phi) is 6.90. The van der Waals surface area contributed by atoms with Crippen molar-refractivity contribution >= 4 is 27.8 Å². The lowest BCUT2D eigenvalue weighted by Gasteiger charge is -2.12. The van der Waals surface area contributed by atoms with Gasteiger partial charge in [0.2, 0.25) is 0 Å². The number of ether oxygens (including phenoxy) is 3. The van der Waals surface area contributed by atoms with E-state index in [0.717, 1.165) is 10.0 Å². The largest absolute Gasteiger partial charge is 0.493 e. The van der Waals surface area contributed by atoms with E-state index in [1.807, 2.05) is 12.1 Å². The fraction of sp³-hybridized carbons (Fsp3) is 0.368. The quantitative estimate of drug-likeness (QED) is 0.647. The minimum atomic E-state index is -0.463. The summed E-state index contributed by atoms with van der Waals surface area (Å²) >= 11 is 3.51. The second-order valence-electron chi connectivity index (χ2n) is 5.92. The minimum Gasteiger partial charge on any atom is -0.493 e. The number of carbonyl (C=O) groups is 2. The molecule has 0 saturated carbocycles. The maximum absolute atomic E-state index is 12.5. The molecule has 0 aliphatic rings. The molecule has 0 atom stereocenters. The Morgan fingerprint density at radius 1 is 1.11 bits per heavy atom. The first-order valence-corrected chi connectivity index (χ1v) is 9.09. The average molecular weight is 439 g/mol. The first-order chi connectivity index (χ1) is 12.8. The third kappa shape index (κ3) is 4.44. The predicted octanol–water partition coefficient (Wildman–Crippen LogP) is 3.17. The maximum atomic E-state index is 12.5. The Labute approximate surface area is 166 Å². The van der Waals surface area contributed by atoms with Crippen LogP contribution in [0.1, 0.15) is 37.7 Å². The van der Waals surface area contributed by atoms with Crippen molar-refractivity contribution in [1.29, 1.82) is 0 Å². The van der Waals surface area contributed by atoms with Gasteiger partial charge in [-0.1, -0.05) is 15.9 Å². The van der Waals surface area contributed by atoms with Gasteiger partial charge in [0, 0.05) is 16.7 Å². The van der Waals surface area contributed by atoms with Gasteiger partial charge in [-0.05, 0) is 43.5 Å². The van der Waals surface area contributed by atoms with E-state index in [-0.39, 0.29) is 5.91 Å². The fourth-order valence-corrected chi connectivity index (χ4v) is 3.39. The number of amides is 1. The zero-order chi connectivity index (χ0) is 20.1. The number of methoxy groups -OCH3 is 3. The van der Waals surface area contributed by atoms with Crippen molar-refractivity contribution in [3.05, 3.63) is 44.7 Å². The van der Waals surface area contributed by atoms with E-state index in [1.54, 1.807) is 28.1 Å². The van der Waals surface area contributed by atoms with Crippen LogP contribution in [0.3, 0.4) is 0 Å². The highest BCUT2D eigenvalue weighted by atomic mass is 79.9. The van der Waals surface area contributed by atoms with Crippen molar-refractivity contribution in [1.82, 2.24) is 10.3 Å². The summed E-state index contributed by atoms with van der Waals surface area (Å²) in [5.41, 5.74) is 2.91. The van der Waals surface area contributed by atoms with Crippen LogP contribution in [-0.4, -0.2) is 44.7 Å². The van der Waals surface area contributed by atoms with Crippen molar-refractivity contribution in [3.8, 4) is 11.5 Å². The van der Waals surface area contributed by atoms with Crippen LogP contribution in [0.2, 0.25) is 0 Å². The van der Waals surface area contributed by atoms with Crippen LogP contribution in [0.4, 0.5) is 0 Å². The van der Waals surface area contributed by atoms with E-state index in [0.29, 0.717) is 47.0 Å². The zero-order valence-corrected chi connectivity index (χ0v) is 17.6. The van der Waals surface area contributed by atoms with Gasteiger partial charge in [0.15, 0.2) is 11.5 Å². The van der Waals surface area contributed by atoms with E-state index < -0.39 is 5.97 Å². The van der Waals surface area contributed by atoms with Crippen LogP contribution >= 0.6 is 15.9 Å². The van der Waals surface area contributed by atoms with E-state index in [9.17, 15) is 9.59 Å². The smallest absolute Gasteiger partial charge is 0.339 e. The van der Waals surface area contributed by atoms with E-state index in [1.165, 1.54) is 7.11 Å². The highest BCUT2D eigenvalue weighted by molar-refractivity contribution is 9.10. The molecular weight excluding hydrogens is 416 g/mol. The number of benzene rings is 1. The summed E-state index contributed by atoms with van der Waals surface area (Å²) in [5.74, 6) is 0.516. The molecule has 2 aromatic rings. The van der Waals surface area contributed by atoms with Gasteiger partial charge in [-0.2, -0.15) is 0 Å². The third-order valence-electron chi connectivity index (χ3n) is 4.29. The van der Waals surface area contributed by atoms with E-state index >= 15 is 0 Å². The molecule has 0 bridgehead atoms. The predicted molar refractivity (Wildman–Crippen MR) is 105 cm³/mol. The van der Waals surface area contributed by atoms with Gasteiger partial charge in [0.25, 0.3) is 5.91 Å². The SMILES string of the molecule is COC(=O)c1c(C)[nH]c(C(=O)NCCc2cc(OC)c(OC)cc2Br)c1C. The average Bonchev–Trinajstić information content (AvgIpc) is 2.96. The van der Waals surface area contributed by atoms with Gasteiger partial charge in [-0.25, -0.2) is 4.79 Å². The number of nitrogens with one attached hydrogen (secondary N) is 2. The lowest BCUT2D eigenvalue weighted by molar-refractivity contribution is 0.0599. The molecule has 0 aliphatic heterocycles. The molecule has 7 nitrogen and oxygen atoms in total. The number of rotatable bonds is 7. The summed E-state index contributed by atoms with van der Waals surface area (Å²) in [4.78, 5) is 27.3. The Balaban J connectivity index is 2.08. The van der Waals surface area contributed by atoms with Crippen molar-refractivity contribution in [2.75, 3.05) is 27.9 Å². The van der Waals surface area contributed by atoms with Crippen LogP contribution in [0.5, 0.6) is 11.5 Å². The highest BCUT2D eigenvalue weighted by Crippen LogP contribution is 2.33. The topological polar surface area (TPSA) is 89.7 Å². The van der Waals surface area contributed by atoms with Gasteiger partial charge >= 0.3 is 5.97 Å². The van der Waals surface area contributed by atoms with Gasteiger partial charge < -0.3 is 24.5 Å². The van der Waals surface area contributed by atoms with Crippen molar-refractivity contribution in [2.24, 2.45) is 0 Å². The first-order valence-electron chi connectivity index (χ1n) is 8.30. The molecule has 146 valence electrons. The first kappa shape index (κ1) is 20.8. The number of hydrogen-bond donors (Lipinski definition) is 2. The van der Waals surface area contributed by atoms with Gasteiger partial charge in [0.05, 0.1) is 26.9 Å². The summed E-state index contributed by atoms with van der Waals surface area (Å²) in [7, 11) is 4.47. The van der Waals surface area contributed by atoms with Gasteiger partial charge in [-0.15, -0.1) is 0 Å². The molecule has 1 heterocycles. The standard InChI is InChI=1S/C19H23BrN2O5/c1-10-16(19(24)27-5)11(2)22-17(10)18(23)21-7-6-12-8-14(25-3)15(26-4)9-13(12)20/h8-9,22H,6-7H2,1-5H3,(H,21,23). The van der Waals surface area contributed by atoms with E-state index in [4.69, 9.17) is 14.2 Å². The Hall–Kier alpha value is -2.48. The summed E-state index contributed by atoms with van der Waals surface area (Å²) in [6, 6.07) is 3.70. The summed E-state index contributed by atoms with van der Waals surface area (Å²) < 4.78 is 16.2. The lowest BCUT2D eigenvalue weighted by atomic mass is 10.1. The monoisotopic (exact) mass is 438 g/mol. The number of hydrogen-bond acceptors (Lipinski definition) is 5. The minimum absolute atomic E-state index is 0.276. The highest BCUT2D eigenvalue weighted by Gasteiger charge is 2.22. The second kappa shape index (κ2) is 8.94. The van der Waals surface area contributed by atoms with Crippen molar-refractivity contribution in [2.45, 2.75) is 20.3 Å². The fourth-order valence-electron chi connectivity index (χ4n) is 2.87. The molecule has 1 amide bonds. The van der Waals surface area contributed by atoms with Crippen LogP contribution < -0.4 is 14.8 Å². The second-order valence-corrected chi connectivity index (χ2v) is 6.78. The molecule has 2 rings (SSSR count). The molecule has 0 unspecified atom stereocenters. The molecule has 8 heteroatoms. The Bertz CT molecular complexity index is 860. The number of esters is 1. The Morgan fingerprint density at radius 2 is 1.74 bits per heavy atom. The van der Waals surface area contributed by atoms with Crippen LogP contribution in [0, 0.1) is 13.8 Å². The number of aryl methyl sites for hydroxylation is 1. The molecule has 0 aliphatic carbocycles. The van der Waals surface area contributed by atoms with Crippen LogP contribution in [0.15, 0.2) is 16.6 Å². The molecular formula is C19H23BrN2O5. The number of halogens is 1. The van der Waals surface area contributed by atoms with Gasteiger partial charge in [-0.3, -0.25) is 4.79 Å². The van der Waals surface area contributed by atoms with E-state index in [2.05, 4.69) is 26.2 Å². The molecule has 0 fully saturated rings. The van der Waals surface area contributed by atoms with Crippen LogP contribution in [-0.2, 0) is 11.2 Å². The summed E-state index contributed by atoms with van der Waals surface area (Å²) in [6.07, 6.45) is 0.593. The van der Waals surface area contributed by atoms with Gasteiger partial charge in [0.1, 0.15) is 5.69 Å². The molecule has 27 heavy (non-hydrogen) atoms. The normalized spacial score (nSPS) is 10.4. The van der Waals surface area contributed by atoms with Crippen molar-refractivity contribution < 1.29 is 23.8 Å². The maximum Gasteiger partial charge on any atom is 0.339 e. The number of aromatic nitrogens is 1. The molecule has 2 N–H and O–H groups in total. The number of carbonyl (C=O) groups excluding carboxylic acids is 2. The lowest BCUT2D eigenvalue weighted by Crippen LogP contribution is -2.26. The molecule has 0 saturated heterocycles. The summed E-state index contributed by atoms with van der Waals surface area (Å²) in [6.45, 7) is 3.87. The third-order valence-corrected chi connectivity index (χ3v) is 5.02. The Morgan fingerprint density at radius 3 is 2.33 bits per heavy atom. The number of H-pyrrole nitrogens is 1. The molecule has 0 radical (unpaired) electrons. The number of aromatic amines is 1. The zero-order valence-electron chi connectivity index (χ0n) is 16.0. The molecule has 0 spiro atoms. The van der Waals surface area contributed by atoms with Crippen LogP contribution in [0.25, 0.3) is 0 Å². The van der Waals surface area contributed by atoms with Crippen molar-refractivity contribution in [3.63, 3.8) is 0 Å². The summed E-state index contributed by atoms with van der Waals surface area (Å²) in [5, 5.41) is 2.86.